The van der Waals surface area contributed by atoms with E-state index in [0.29, 0.717) is 6.04 Å². The van der Waals surface area contributed by atoms with Crippen LogP contribution in [0.3, 0.4) is 0 Å². The van der Waals surface area contributed by atoms with E-state index in [1.54, 1.807) is 0 Å². The highest BCUT2D eigenvalue weighted by atomic mass is 16.3. The molecule has 0 bridgehead atoms. The third-order valence-electron chi connectivity index (χ3n) is 3.55. The van der Waals surface area contributed by atoms with Crippen molar-refractivity contribution in [3.8, 4) is 0 Å². The summed E-state index contributed by atoms with van der Waals surface area (Å²) >= 11 is 0. The van der Waals surface area contributed by atoms with Gasteiger partial charge in [0.05, 0.1) is 6.10 Å². The molecular formula is C11H21NO. The van der Waals surface area contributed by atoms with Crippen molar-refractivity contribution in [2.75, 3.05) is 13.1 Å². The average Bonchev–Trinajstić information content (AvgIpc) is 2.43. The maximum absolute atomic E-state index is 9.79. The SMILES string of the molecule is OC1CCCC1N1CCCCCC1. The fourth-order valence-electron chi connectivity index (χ4n) is 2.77. The molecule has 1 heterocycles. The van der Waals surface area contributed by atoms with Gasteiger partial charge in [-0.15, -0.1) is 0 Å². The largest absolute Gasteiger partial charge is 0.391 e. The molecule has 0 aromatic carbocycles. The highest BCUT2D eigenvalue weighted by Gasteiger charge is 2.30. The van der Waals surface area contributed by atoms with Gasteiger partial charge in [-0.05, 0) is 45.2 Å². The molecule has 2 nitrogen and oxygen atoms in total. The number of aliphatic hydroxyl groups is 1. The van der Waals surface area contributed by atoms with Gasteiger partial charge in [-0.1, -0.05) is 12.8 Å². The van der Waals surface area contributed by atoms with Crippen LogP contribution >= 0.6 is 0 Å². The predicted molar refractivity (Wildman–Crippen MR) is 53.7 cm³/mol. The van der Waals surface area contributed by atoms with E-state index in [0.717, 1.165) is 6.42 Å². The quantitative estimate of drug-likeness (QED) is 0.670. The van der Waals surface area contributed by atoms with Gasteiger partial charge in [-0.2, -0.15) is 0 Å². The van der Waals surface area contributed by atoms with E-state index in [2.05, 4.69) is 4.90 Å². The van der Waals surface area contributed by atoms with Crippen LogP contribution in [0.1, 0.15) is 44.9 Å². The molecule has 13 heavy (non-hydrogen) atoms. The van der Waals surface area contributed by atoms with Gasteiger partial charge in [0.15, 0.2) is 0 Å². The Balaban J connectivity index is 1.89. The lowest BCUT2D eigenvalue weighted by Gasteiger charge is -2.29. The van der Waals surface area contributed by atoms with Gasteiger partial charge in [-0.3, -0.25) is 4.90 Å². The first-order valence-electron chi connectivity index (χ1n) is 5.80. The fraction of sp³-hybridized carbons (Fsp3) is 1.00. The zero-order valence-corrected chi connectivity index (χ0v) is 8.41. The summed E-state index contributed by atoms with van der Waals surface area (Å²) in [5, 5.41) is 9.79. The van der Waals surface area contributed by atoms with E-state index in [-0.39, 0.29) is 6.10 Å². The summed E-state index contributed by atoms with van der Waals surface area (Å²) in [7, 11) is 0. The molecule has 1 aliphatic heterocycles. The highest BCUT2D eigenvalue weighted by Crippen LogP contribution is 2.26. The molecule has 2 heteroatoms. The fourth-order valence-corrected chi connectivity index (χ4v) is 2.77. The van der Waals surface area contributed by atoms with Crippen LogP contribution in [0.15, 0.2) is 0 Å². The summed E-state index contributed by atoms with van der Waals surface area (Å²) in [5.41, 5.74) is 0. The van der Waals surface area contributed by atoms with Crippen molar-refractivity contribution in [3.63, 3.8) is 0 Å². The van der Waals surface area contributed by atoms with Crippen molar-refractivity contribution in [2.24, 2.45) is 0 Å². The molecule has 2 rings (SSSR count). The summed E-state index contributed by atoms with van der Waals surface area (Å²) in [6.45, 7) is 2.45. The Morgan fingerprint density at radius 1 is 0.846 bits per heavy atom. The van der Waals surface area contributed by atoms with Gasteiger partial charge in [0, 0.05) is 6.04 Å². The number of rotatable bonds is 1. The topological polar surface area (TPSA) is 23.5 Å². The first-order valence-corrected chi connectivity index (χ1v) is 5.80. The van der Waals surface area contributed by atoms with Crippen molar-refractivity contribution in [1.82, 2.24) is 4.90 Å². The lowest BCUT2D eigenvalue weighted by molar-refractivity contribution is 0.0728. The molecule has 0 spiro atoms. The number of likely N-dealkylation sites (tertiary alicyclic amines) is 1. The Morgan fingerprint density at radius 2 is 1.54 bits per heavy atom. The maximum atomic E-state index is 9.79. The lowest BCUT2D eigenvalue weighted by Crippen LogP contribution is -2.40. The number of hydrogen-bond donors (Lipinski definition) is 1. The van der Waals surface area contributed by atoms with Crippen molar-refractivity contribution < 1.29 is 5.11 Å². The van der Waals surface area contributed by atoms with Crippen LogP contribution in [0.4, 0.5) is 0 Å². The second-order valence-corrected chi connectivity index (χ2v) is 4.52. The van der Waals surface area contributed by atoms with Gasteiger partial charge < -0.3 is 5.11 Å². The maximum Gasteiger partial charge on any atom is 0.0695 e. The number of nitrogens with zero attached hydrogens (tertiary/aromatic N) is 1. The summed E-state index contributed by atoms with van der Waals surface area (Å²) in [6.07, 6.45) is 8.90. The van der Waals surface area contributed by atoms with Crippen LogP contribution in [0.25, 0.3) is 0 Å². The predicted octanol–water partition coefficient (Wildman–Crippen LogP) is 1.78. The van der Waals surface area contributed by atoms with Crippen LogP contribution < -0.4 is 0 Å². The van der Waals surface area contributed by atoms with Gasteiger partial charge in [0.25, 0.3) is 0 Å². The molecule has 2 unspecified atom stereocenters. The molecule has 1 saturated heterocycles. The summed E-state index contributed by atoms with van der Waals surface area (Å²) in [5.74, 6) is 0. The molecule has 1 aliphatic carbocycles. The minimum atomic E-state index is -0.0295. The van der Waals surface area contributed by atoms with Gasteiger partial charge >= 0.3 is 0 Å². The molecular weight excluding hydrogens is 162 g/mol. The smallest absolute Gasteiger partial charge is 0.0695 e. The molecule has 2 atom stereocenters. The van der Waals surface area contributed by atoms with Gasteiger partial charge in [0.1, 0.15) is 0 Å². The molecule has 2 aliphatic rings. The molecule has 0 aromatic heterocycles. The normalized spacial score (nSPS) is 37.6. The third-order valence-corrected chi connectivity index (χ3v) is 3.55. The van der Waals surface area contributed by atoms with Gasteiger partial charge in [0.2, 0.25) is 0 Å². The van der Waals surface area contributed by atoms with E-state index in [1.165, 1.54) is 51.6 Å². The minimum absolute atomic E-state index is 0.0295. The summed E-state index contributed by atoms with van der Waals surface area (Å²) in [6, 6.07) is 0.498. The van der Waals surface area contributed by atoms with Crippen molar-refractivity contribution in [2.45, 2.75) is 57.1 Å². The second kappa shape index (κ2) is 4.43. The molecule has 1 N–H and O–H groups in total. The summed E-state index contributed by atoms with van der Waals surface area (Å²) in [4.78, 5) is 2.53. The molecule has 76 valence electrons. The molecule has 0 radical (unpaired) electrons. The van der Waals surface area contributed by atoms with E-state index >= 15 is 0 Å². The summed E-state index contributed by atoms with van der Waals surface area (Å²) < 4.78 is 0. The third kappa shape index (κ3) is 2.23. The van der Waals surface area contributed by atoms with E-state index in [4.69, 9.17) is 0 Å². The van der Waals surface area contributed by atoms with Crippen molar-refractivity contribution >= 4 is 0 Å². The van der Waals surface area contributed by atoms with Crippen LogP contribution in [0.2, 0.25) is 0 Å². The Labute approximate surface area is 80.9 Å². The first-order chi connectivity index (χ1) is 6.38. The Hall–Kier alpha value is -0.0800. The second-order valence-electron chi connectivity index (χ2n) is 4.52. The van der Waals surface area contributed by atoms with Crippen molar-refractivity contribution in [3.05, 3.63) is 0 Å². The number of aliphatic hydroxyl groups excluding tert-OH is 1. The molecule has 1 saturated carbocycles. The van der Waals surface area contributed by atoms with E-state index in [9.17, 15) is 5.11 Å². The van der Waals surface area contributed by atoms with Crippen molar-refractivity contribution in [1.29, 1.82) is 0 Å². The standard InChI is InChI=1S/C11H21NO/c13-11-7-5-6-10(11)12-8-3-1-2-4-9-12/h10-11,13H,1-9H2. The molecule has 0 amide bonds. The Morgan fingerprint density at radius 3 is 2.08 bits per heavy atom. The zero-order valence-electron chi connectivity index (χ0n) is 8.41. The first kappa shape index (κ1) is 9.47. The zero-order chi connectivity index (χ0) is 9.10. The van der Waals surface area contributed by atoms with Gasteiger partial charge in [-0.25, -0.2) is 0 Å². The van der Waals surface area contributed by atoms with E-state index in [1.807, 2.05) is 0 Å². The molecule has 0 aromatic rings. The van der Waals surface area contributed by atoms with E-state index < -0.39 is 0 Å². The minimum Gasteiger partial charge on any atom is -0.391 e. The van der Waals surface area contributed by atoms with Crippen LogP contribution in [0.5, 0.6) is 0 Å². The van der Waals surface area contributed by atoms with Crippen LogP contribution in [-0.2, 0) is 0 Å². The monoisotopic (exact) mass is 183 g/mol. The average molecular weight is 183 g/mol. The highest BCUT2D eigenvalue weighted by molar-refractivity contribution is 4.85. The molecule has 2 fully saturated rings. The Bertz CT molecular complexity index is 152. The van der Waals surface area contributed by atoms with Crippen LogP contribution in [-0.4, -0.2) is 35.2 Å². The Kier molecular flexibility index (Phi) is 3.23. The lowest BCUT2D eigenvalue weighted by atomic mass is 10.1. The number of hydrogen-bond acceptors (Lipinski definition) is 2. The van der Waals surface area contributed by atoms with Crippen LogP contribution in [0, 0.1) is 0 Å².